The molecule has 0 saturated heterocycles. The molecule has 0 aliphatic rings. The standard InChI is InChI=1S/C17H11ClN4O2S2/c18-12-3-1-2-10(6-12)15-21-14(24-22-15)7-19-16(23)13-9-26-17(20-13)11-4-5-25-8-11/h1-6,8-9H,7H2,(H,19,23). The lowest BCUT2D eigenvalue weighted by Crippen LogP contribution is -2.23. The molecule has 0 aliphatic carbocycles. The highest BCUT2D eigenvalue weighted by Gasteiger charge is 2.14. The quantitative estimate of drug-likeness (QED) is 0.531. The summed E-state index contributed by atoms with van der Waals surface area (Å²) < 4.78 is 5.17. The van der Waals surface area contributed by atoms with E-state index >= 15 is 0 Å². The van der Waals surface area contributed by atoms with E-state index in [4.69, 9.17) is 16.1 Å². The lowest BCUT2D eigenvalue weighted by molar-refractivity contribution is 0.0942. The summed E-state index contributed by atoms with van der Waals surface area (Å²) in [6.07, 6.45) is 0. The minimum atomic E-state index is -0.287. The van der Waals surface area contributed by atoms with Crippen molar-refractivity contribution in [2.45, 2.75) is 6.54 Å². The minimum Gasteiger partial charge on any atom is -0.342 e. The van der Waals surface area contributed by atoms with Gasteiger partial charge >= 0.3 is 0 Å². The highest BCUT2D eigenvalue weighted by atomic mass is 35.5. The van der Waals surface area contributed by atoms with Crippen molar-refractivity contribution in [1.82, 2.24) is 20.4 Å². The predicted molar refractivity (Wildman–Crippen MR) is 101 cm³/mol. The number of thiazole rings is 1. The largest absolute Gasteiger partial charge is 0.342 e. The molecular weight excluding hydrogens is 392 g/mol. The van der Waals surface area contributed by atoms with Gasteiger partial charge in [-0.25, -0.2) is 4.98 Å². The van der Waals surface area contributed by atoms with Gasteiger partial charge in [-0.05, 0) is 23.6 Å². The number of rotatable bonds is 5. The smallest absolute Gasteiger partial charge is 0.271 e. The Hall–Kier alpha value is -2.55. The summed E-state index contributed by atoms with van der Waals surface area (Å²) in [5, 5.41) is 13.8. The Morgan fingerprint density at radius 3 is 2.92 bits per heavy atom. The van der Waals surface area contributed by atoms with Crippen LogP contribution in [0.3, 0.4) is 0 Å². The first kappa shape index (κ1) is 16.9. The third-order valence-electron chi connectivity index (χ3n) is 3.46. The van der Waals surface area contributed by atoms with Gasteiger partial charge in [0.25, 0.3) is 5.91 Å². The Bertz CT molecular complexity index is 1040. The average molecular weight is 403 g/mol. The number of benzene rings is 1. The van der Waals surface area contributed by atoms with Crippen LogP contribution in [0, 0.1) is 0 Å². The first-order valence-electron chi connectivity index (χ1n) is 7.54. The minimum absolute atomic E-state index is 0.123. The molecule has 1 aromatic carbocycles. The third kappa shape index (κ3) is 3.67. The molecule has 1 amide bonds. The van der Waals surface area contributed by atoms with E-state index in [9.17, 15) is 4.79 Å². The van der Waals surface area contributed by atoms with Crippen LogP contribution < -0.4 is 5.32 Å². The Labute approximate surface area is 161 Å². The monoisotopic (exact) mass is 402 g/mol. The zero-order chi connectivity index (χ0) is 17.9. The van der Waals surface area contributed by atoms with Crippen LogP contribution in [0.5, 0.6) is 0 Å². The molecule has 130 valence electrons. The van der Waals surface area contributed by atoms with Gasteiger partial charge in [0.1, 0.15) is 10.7 Å². The fourth-order valence-corrected chi connectivity index (χ4v) is 3.92. The molecule has 0 fully saturated rings. The molecule has 0 radical (unpaired) electrons. The molecule has 0 spiro atoms. The molecule has 9 heteroatoms. The average Bonchev–Trinajstić information content (AvgIpc) is 3.40. The lowest BCUT2D eigenvalue weighted by Gasteiger charge is -1.98. The number of carbonyl (C=O) groups is 1. The Morgan fingerprint density at radius 2 is 2.12 bits per heavy atom. The van der Waals surface area contributed by atoms with E-state index in [1.165, 1.54) is 11.3 Å². The summed E-state index contributed by atoms with van der Waals surface area (Å²) in [5.74, 6) is 0.442. The number of hydrogen-bond donors (Lipinski definition) is 1. The Balaban J connectivity index is 1.41. The van der Waals surface area contributed by atoms with E-state index < -0.39 is 0 Å². The fraction of sp³-hybridized carbons (Fsp3) is 0.0588. The number of nitrogens with zero attached hydrogens (tertiary/aromatic N) is 3. The topological polar surface area (TPSA) is 80.9 Å². The maximum absolute atomic E-state index is 12.3. The van der Waals surface area contributed by atoms with E-state index in [0.29, 0.717) is 22.4 Å². The second-order valence-electron chi connectivity index (χ2n) is 5.25. The van der Waals surface area contributed by atoms with Crippen molar-refractivity contribution >= 4 is 40.2 Å². The molecule has 4 aromatic rings. The van der Waals surface area contributed by atoms with Gasteiger partial charge in [0, 0.05) is 26.9 Å². The van der Waals surface area contributed by atoms with Crippen LogP contribution in [0.4, 0.5) is 0 Å². The van der Waals surface area contributed by atoms with E-state index in [1.807, 2.05) is 29.0 Å². The molecule has 3 aromatic heterocycles. The van der Waals surface area contributed by atoms with Gasteiger partial charge in [-0.2, -0.15) is 16.3 Å². The van der Waals surface area contributed by atoms with E-state index in [2.05, 4.69) is 20.4 Å². The van der Waals surface area contributed by atoms with Crippen LogP contribution in [-0.2, 0) is 6.54 Å². The summed E-state index contributed by atoms with van der Waals surface area (Å²) in [6.45, 7) is 0.123. The van der Waals surface area contributed by atoms with E-state index in [1.54, 1.807) is 28.8 Å². The second-order valence-corrected chi connectivity index (χ2v) is 7.33. The number of thiophene rings is 1. The van der Waals surface area contributed by atoms with Crippen LogP contribution in [-0.4, -0.2) is 21.0 Å². The van der Waals surface area contributed by atoms with Crippen LogP contribution in [0.15, 0.2) is 51.0 Å². The summed E-state index contributed by atoms with van der Waals surface area (Å²) in [5.41, 5.74) is 2.13. The third-order valence-corrected chi connectivity index (χ3v) is 5.27. The number of nitrogens with one attached hydrogen (secondary N) is 1. The number of halogens is 1. The van der Waals surface area contributed by atoms with Crippen LogP contribution >= 0.6 is 34.3 Å². The van der Waals surface area contributed by atoms with Crippen molar-refractivity contribution in [3.8, 4) is 22.0 Å². The zero-order valence-corrected chi connectivity index (χ0v) is 15.6. The summed E-state index contributed by atoms with van der Waals surface area (Å²) in [6, 6.07) is 9.13. The number of amides is 1. The van der Waals surface area contributed by atoms with Crippen molar-refractivity contribution < 1.29 is 9.32 Å². The summed E-state index contributed by atoms with van der Waals surface area (Å²) in [7, 11) is 0. The molecule has 0 unspecified atom stereocenters. The Kier molecular flexibility index (Phi) is 4.79. The van der Waals surface area contributed by atoms with Crippen molar-refractivity contribution in [3.05, 3.63) is 63.1 Å². The molecule has 6 nitrogen and oxygen atoms in total. The van der Waals surface area contributed by atoms with E-state index in [0.717, 1.165) is 16.1 Å². The lowest BCUT2D eigenvalue weighted by atomic mass is 10.2. The molecule has 0 aliphatic heterocycles. The molecule has 3 heterocycles. The van der Waals surface area contributed by atoms with Gasteiger partial charge in [0.2, 0.25) is 11.7 Å². The van der Waals surface area contributed by atoms with Crippen molar-refractivity contribution in [1.29, 1.82) is 0 Å². The molecule has 4 rings (SSSR count). The molecule has 0 saturated carbocycles. The molecule has 0 atom stereocenters. The van der Waals surface area contributed by atoms with Crippen LogP contribution in [0.25, 0.3) is 22.0 Å². The van der Waals surface area contributed by atoms with Crippen molar-refractivity contribution in [2.24, 2.45) is 0 Å². The van der Waals surface area contributed by atoms with Gasteiger partial charge < -0.3 is 9.84 Å². The van der Waals surface area contributed by atoms with Crippen molar-refractivity contribution in [2.75, 3.05) is 0 Å². The number of carbonyl (C=O) groups excluding carboxylic acids is 1. The van der Waals surface area contributed by atoms with Gasteiger partial charge in [0.05, 0.1) is 6.54 Å². The van der Waals surface area contributed by atoms with Gasteiger partial charge in [-0.15, -0.1) is 11.3 Å². The highest BCUT2D eigenvalue weighted by Crippen LogP contribution is 2.25. The Morgan fingerprint density at radius 1 is 1.19 bits per heavy atom. The second kappa shape index (κ2) is 7.36. The first-order chi connectivity index (χ1) is 12.7. The molecule has 0 bridgehead atoms. The number of aromatic nitrogens is 3. The van der Waals surface area contributed by atoms with Gasteiger partial charge in [-0.3, -0.25) is 4.79 Å². The predicted octanol–water partition coefficient (Wildman–Crippen LogP) is 4.51. The fourth-order valence-electron chi connectivity index (χ4n) is 2.21. The van der Waals surface area contributed by atoms with Gasteiger partial charge in [0.15, 0.2) is 0 Å². The van der Waals surface area contributed by atoms with Crippen molar-refractivity contribution in [3.63, 3.8) is 0 Å². The normalized spacial score (nSPS) is 10.8. The number of hydrogen-bond acceptors (Lipinski definition) is 7. The maximum Gasteiger partial charge on any atom is 0.271 e. The van der Waals surface area contributed by atoms with Crippen LogP contribution in [0.1, 0.15) is 16.4 Å². The van der Waals surface area contributed by atoms with Crippen LogP contribution in [0.2, 0.25) is 5.02 Å². The highest BCUT2D eigenvalue weighted by molar-refractivity contribution is 7.14. The zero-order valence-electron chi connectivity index (χ0n) is 13.2. The van der Waals surface area contributed by atoms with Gasteiger partial charge in [-0.1, -0.05) is 28.9 Å². The molecule has 26 heavy (non-hydrogen) atoms. The SMILES string of the molecule is O=C(NCc1nc(-c2cccc(Cl)c2)no1)c1csc(-c2ccsc2)n1. The summed E-state index contributed by atoms with van der Waals surface area (Å²) in [4.78, 5) is 20.9. The molecule has 1 N–H and O–H groups in total. The first-order valence-corrected chi connectivity index (χ1v) is 9.74. The maximum atomic E-state index is 12.3. The molecular formula is C17H11ClN4O2S2. The summed E-state index contributed by atoms with van der Waals surface area (Å²) >= 11 is 8.98. The van der Waals surface area contributed by atoms with E-state index in [-0.39, 0.29) is 12.5 Å².